The average Bonchev–Trinajstić information content (AvgIpc) is 2.57. The molecule has 2 atom stereocenters. The normalized spacial score (nSPS) is 41.9. The van der Waals surface area contributed by atoms with Crippen molar-refractivity contribution >= 4 is 0 Å². The maximum Gasteiger partial charge on any atom is 0.195 e. The molecule has 4 heteroatoms. The van der Waals surface area contributed by atoms with Crippen LogP contribution in [0.2, 0.25) is 0 Å². The summed E-state index contributed by atoms with van der Waals surface area (Å²) in [7, 11) is 0. The van der Waals surface area contributed by atoms with E-state index in [-0.39, 0.29) is 17.7 Å². The summed E-state index contributed by atoms with van der Waals surface area (Å²) < 4.78 is 40.9. The first kappa shape index (κ1) is 15.3. The van der Waals surface area contributed by atoms with Crippen molar-refractivity contribution in [2.75, 3.05) is 6.54 Å². The second kappa shape index (κ2) is 5.12. The number of halogens is 3. The Morgan fingerprint density at radius 2 is 1.78 bits per heavy atom. The molecule has 124 valence electrons. The monoisotopic (exact) mass is 321 g/mol. The Labute approximate surface area is 135 Å². The zero-order valence-corrected chi connectivity index (χ0v) is 13.4. The predicted molar refractivity (Wildman–Crippen MR) is 83.6 cm³/mol. The molecule has 0 saturated heterocycles. The molecule has 0 aromatic heterocycles. The van der Waals surface area contributed by atoms with Crippen LogP contribution in [0.1, 0.15) is 45.4 Å². The molecule has 0 spiro atoms. The highest BCUT2D eigenvalue weighted by atomic mass is 19.2. The van der Waals surface area contributed by atoms with Crippen LogP contribution in [-0.4, -0.2) is 12.1 Å². The largest absolute Gasteiger partial charge is 0.307 e. The van der Waals surface area contributed by atoms with Crippen molar-refractivity contribution in [2.24, 2.45) is 17.3 Å². The summed E-state index contributed by atoms with van der Waals surface area (Å²) >= 11 is 0. The van der Waals surface area contributed by atoms with Gasteiger partial charge in [-0.15, -0.1) is 5.73 Å². The SMILES string of the molecule is CC12CC3CC(C1)CC(NCC1=C(F)C(F)=C(F)C=C=C1)(C3)C2. The average molecular weight is 321 g/mol. The van der Waals surface area contributed by atoms with E-state index in [4.69, 9.17) is 0 Å². The number of hydrogen-bond acceptors (Lipinski definition) is 1. The molecular formula is C19H22F3N. The van der Waals surface area contributed by atoms with Crippen molar-refractivity contribution in [3.63, 3.8) is 0 Å². The Kier molecular flexibility index (Phi) is 3.40. The summed E-state index contributed by atoms with van der Waals surface area (Å²) in [6.07, 6.45) is 9.46. The van der Waals surface area contributed by atoms with Gasteiger partial charge in [-0.05, 0) is 61.9 Å². The topological polar surface area (TPSA) is 12.0 Å². The fourth-order valence-electron chi connectivity index (χ4n) is 5.93. The fourth-order valence-corrected chi connectivity index (χ4v) is 5.93. The van der Waals surface area contributed by atoms with Crippen LogP contribution in [0.5, 0.6) is 0 Å². The van der Waals surface area contributed by atoms with Gasteiger partial charge < -0.3 is 5.32 Å². The van der Waals surface area contributed by atoms with Crippen LogP contribution < -0.4 is 5.32 Å². The number of nitrogens with one attached hydrogen (secondary N) is 1. The van der Waals surface area contributed by atoms with Gasteiger partial charge in [-0.2, -0.15) is 0 Å². The molecule has 0 amide bonds. The molecule has 0 aliphatic heterocycles. The maximum absolute atomic E-state index is 14.1. The quantitative estimate of drug-likeness (QED) is 0.719. The predicted octanol–water partition coefficient (Wildman–Crippen LogP) is 5.03. The molecule has 2 unspecified atom stereocenters. The lowest BCUT2D eigenvalue weighted by molar-refractivity contribution is -0.0708. The van der Waals surface area contributed by atoms with Gasteiger partial charge in [0.05, 0.1) is 0 Å². The van der Waals surface area contributed by atoms with Crippen LogP contribution in [-0.2, 0) is 0 Å². The lowest BCUT2D eigenvalue weighted by atomic mass is 9.47. The van der Waals surface area contributed by atoms with Crippen molar-refractivity contribution in [2.45, 2.75) is 51.0 Å². The van der Waals surface area contributed by atoms with Gasteiger partial charge in [0.25, 0.3) is 0 Å². The number of allylic oxidation sites excluding steroid dienone is 3. The summed E-state index contributed by atoms with van der Waals surface area (Å²) in [5.41, 5.74) is 3.08. The van der Waals surface area contributed by atoms with E-state index in [9.17, 15) is 13.2 Å². The van der Waals surface area contributed by atoms with Crippen LogP contribution in [0.25, 0.3) is 0 Å². The Bertz CT molecular complexity index is 652. The van der Waals surface area contributed by atoms with E-state index < -0.39 is 17.5 Å². The lowest BCUT2D eigenvalue weighted by Gasteiger charge is -2.61. The van der Waals surface area contributed by atoms with Crippen molar-refractivity contribution in [3.05, 3.63) is 40.9 Å². The second-order valence-electron chi connectivity index (χ2n) is 8.36. The van der Waals surface area contributed by atoms with E-state index >= 15 is 0 Å². The smallest absolute Gasteiger partial charge is 0.195 e. The zero-order valence-electron chi connectivity index (χ0n) is 13.4. The summed E-state index contributed by atoms with van der Waals surface area (Å²) in [4.78, 5) is 0. The standard InChI is InChI=1S/C19H22F3N/c1-18-6-12-5-13(7-18)9-19(8-12,11-18)23-10-14-3-2-4-15(20)17(22)16(14)21/h3-4,12-13,23H,5-11H2,1H3. The summed E-state index contributed by atoms with van der Waals surface area (Å²) in [6, 6.07) is 0. The minimum absolute atomic E-state index is 0.0364. The van der Waals surface area contributed by atoms with Gasteiger partial charge in [0.2, 0.25) is 0 Å². The van der Waals surface area contributed by atoms with Gasteiger partial charge in [-0.3, -0.25) is 0 Å². The number of rotatable bonds is 3. The minimum Gasteiger partial charge on any atom is -0.307 e. The highest BCUT2D eigenvalue weighted by Gasteiger charge is 2.55. The Hall–Kier alpha value is -1.25. The van der Waals surface area contributed by atoms with Crippen LogP contribution in [0.3, 0.4) is 0 Å². The van der Waals surface area contributed by atoms with Gasteiger partial charge in [0, 0.05) is 23.7 Å². The number of hydrogen-bond donors (Lipinski definition) is 1. The molecule has 1 N–H and O–H groups in total. The molecule has 5 rings (SSSR count). The molecule has 1 nitrogen and oxygen atoms in total. The van der Waals surface area contributed by atoms with Crippen LogP contribution in [0.15, 0.2) is 40.9 Å². The van der Waals surface area contributed by atoms with E-state index in [0.717, 1.165) is 37.2 Å². The van der Waals surface area contributed by atoms with E-state index in [1.54, 1.807) is 0 Å². The minimum atomic E-state index is -1.42. The second-order valence-corrected chi connectivity index (χ2v) is 8.36. The van der Waals surface area contributed by atoms with Crippen molar-refractivity contribution < 1.29 is 13.2 Å². The highest BCUT2D eigenvalue weighted by Crippen LogP contribution is 2.61. The van der Waals surface area contributed by atoms with Crippen LogP contribution >= 0.6 is 0 Å². The van der Waals surface area contributed by atoms with Crippen molar-refractivity contribution in [3.8, 4) is 0 Å². The first-order valence-electron chi connectivity index (χ1n) is 8.50. The van der Waals surface area contributed by atoms with Crippen molar-refractivity contribution in [1.29, 1.82) is 0 Å². The summed E-state index contributed by atoms with van der Waals surface area (Å²) in [6.45, 7) is 2.59. The van der Waals surface area contributed by atoms with Gasteiger partial charge in [0.1, 0.15) is 0 Å². The highest BCUT2D eigenvalue weighted by molar-refractivity contribution is 5.40. The summed E-state index contributed by atoms with van der Waals surface area (Å²) in [5.74, 6) is -2.21. The Morgan fingerprint density at radius 3 is 2.43 bits per heavy atom. The molecule has 0 radical (unpaired) electrons. The molecule has 5 aliphatic carbocycles. The van der Waals surface area contributed by atoms with Crippen LogP contribution in [0, 0.1) is 17.3 Å². The lowest BCUT2D eigenvalue weighted by Crippen LogP contribution is -2.61. The first-order valence-corrected chi connectivity index (χ1v) is 8.50. The zero-order chi connectivity index (χ0) is 16.2. The van der Waals surface area contributed by atoms with E-state index in [1.807, 2.05) is 0 Å². The van der Waals surface area contributed by atoms with Crippen LogP contribution in [0.4, 0.5) is 13.2 Å². The molecule has 4 bridgehead atoms. The third-order valence-electron chi connectivity index (χ3n) is 6.16. The molecule has 5 aliphatic rings. The molecule has 4 saturated carbocycles. The van der Waals surface area contributed by atoms with Gasteiger partial charge in [-0.25, -0.2) is 13.2 Å². The molecule has 0 aromatic carbocycles. The van der Waals surface area contributed by atoms with Crippen molar-refractivity contribution in [1.82, 2.24) is 5.32 Å². The van der Waals surface area contributed by atoms with Gasteiger partial charge in [-0.1, -0.05) is 6.92 Å². The van der Waals surface area contributed by atoms with E-state index in [2.05, 4.69) is 18.0 Å². The third kappa shape index (κ3) is 2.62. The molecule has 0 heterocycles. The fraction of sp³-hybridized carbons (Fsp3) is 0.632. The Morgan fingerprint density at radius 1 is 1.09 bits per heavy atom. The molecule has 0 aromatic rings. The Balaban J connectivity index is 1.55. The molecular weight excluding hydrogens is 299 g/mol. The van der Waals surface area contributed by atoms with Gasteiger partial charge in [0.15, 0.2) is 17.5 Å². The molecule has 23 heavy (non-hydrogen) atoms. The summed E-state index contributed by atoms with van der Waals surface area (Å²) in [5, 5.41) is 3.52. The third-order valence-corrected chi connectivity index (χ3v) is 6.16. The first-order chi connectivity index (χ1) is 10.9. The van der Waals surface area contributed by atoms with E-state index in [1.165, 1.54) is 25.3 Å². The van der Waals surface area contributed by atoms with E-state index in [0.29, 0.717) is 5.41 Å². The van der Waals surface area contributed by atoms with Gasteiger partial charge >= 0.3 is 0 Å². The molecule has 4 fully saturated rings. The maximum atomic E-state index is 14.1.